The van der Waals surface area contributed by atoms with Crippen LogP contribution in [-0.2, 0) is 11.3 Å². The first kappa shape index (κ1) is 14.5. The minimum atomic E-state index is 0.204. The number of imidazole rings is 1. The van der Waals surface area contributed by atoms with Crippen molar-refractivity contribution >= 4 is 16.9 Å². The molecule has 0 spiro atoms. The van der Waals surface area contributed by atoms with E-state index >= 15 is 0 Å². The Morgan fingerprint density at radius 1 is 1.26 bits per heavy atom. The highest BCUT2D eigenvalue weighted by Gasteiger charge is 2.38. The summed E-state index contributed by atoms with van der Waals surface area (Å²) in [4.78, 5) is 19.5. The Balaban J connectivity index is 1.67. The second kappa shape index (κ2) is 5.84. The van der Waals surface area contributed by atoms with Gasteiger partial charge in [0.1, 0.15) is 5.82 Å². The number of fused-ring (bicyclic) bond motifs is 1. The summed E-state index contributed by atoms with van der Waals surface area (Å²) in [7, 11) is 0. The number of aromatic nitrogens is 2. The zero-order valence-corrected chi connectivity index (χ0v) is 13.4. The largest absolute Gasteiger partial charge is 0.339 e. The molecule has 120 valence electrons. The summed E-state index contributed by atoms with van der Waals surface area (Å²) in [5.41, 5.74) is 2.14. The van der Waals surface area contributed by atoms with E-state index in [1.165, 1.54) is 25.7 Å². The Hall–Kier alpha value is -2.10. The molecule has 4 nitrogen and oxygen atoms in total. The van der Waals surface area contributed by atoms with Gasteiger partial charge in [0.25, 0.3) is 0 Å². The molecule has 4 heteroatoms. The molecule has 0 bridgehead atoms. The van der Waals surface area contributed by atoms with Crippen molar-refractivity contribution in [3.63, 3.8) is 0 Å². The number of rotatable bonds is 4. The van der Waals surface area contributed by atoms with E-state index in [1.54, 1.807) is 0 Å². The van der Waals surface area contributed by atoms with Crippen LogP contribution in [0.2, 0.25) is 0 Å². The van der Waals surface area contributed by atoms with Crippen LogP contribution in [0, 0.1) is 0 Å². The van der Waals surface area contributed by atoms with Crippen molar-refractivity contribution in [2.45, 2.75) is 50.6 Å². The van der Waals surface area contributed by atoms with Gasteiger partial charge in [-0.05, 0) is 25.0 Å². The molecule has 1 aromatic carbocycles. The minimum absolute atomic E-state index is 0.204. The van der Waals surface area contributed by atoms with Gasteiger partial charge in [-0.3, -0.25) is 4.79 Å². The first-order valence-electron chi connectivity index (χ1n) is 8.63. The van der Waals surface area contributed by atoms with Gasteiger partial charge in [0.2, 0.25) is 5.91 Å². The average molecular weight is 309 g/mol. The van der Waals surface area contributed by atoms with Gasteiger partial charge >= 0.3 is 0 Å². The quantitative estimate of drug-likeness (QED) is 0.811. The molecule has 1 atom stereocenters. The van der Waals surface area contributed by atoms with Gasteiger partial charge in [-0.15, -0.1) is 6.58 Å². The van der Waals surface area contributed by atoms with Crippen LogP contribution in [0.1, 0.15) is 43.8 Å². The van der Waals surface area contributed by atoms with Gasteiger partial charge in [-0.1, -0.05) is 31.1 Å². The molecule has 2 heterocycles. The molecule has 4 rings (SSSR count). The van der Waals surface area contributed by atoms with E-state index in [4.69, 9.17) is 4.98 Å². The summed E-state index contributed by atoms with van der Waals surface area (Å²) >= 11 is 0. The number of nitrogens with zero attached hydrogens (tertiary/aromatic N) is 3. The molecule has 2 aromatic rings. The molecule has 1 unspecified atom stereocenters. The predicted molar refractivity (Wildman–Crippen MR) is 91.3 cm³/mol. The number of amides is 1. The monoisotopic (exact) mass is 309 g/mol. The second-order valence-electron chi connectivity index (χ2n) is 6.74. The van der Waals surface area contributed by atoms with Gasteiger partial charge in [-0.2, -0.15) is 0 Å². The van der Waals surface area contributed by atoms with Crippen molar-refractivity contribution in [1.82, 2.24) is 14.5 Å². The molecule has 1 aliphatic heterocycles. The SMILES string of the molecule is C=CCn1c(C2CC(=O)N(C3CCCC3)C2)nc2ccccc21. The summed E-state index contributed by atoms with van der Waals surface area (Å²) in [6.45, 7) is 5.44. The van der Waals surface area contributed by atoms with Crippen molar-refractivity contribution < 1.29 is 4.79 Å². The normalized spacial score (nSPS) is 22.3. The third-order valence-electron chi connectivity index (χ3n) is 5.28. The van der Waals surface area contributed by atoms with Crippen LogP contribution in [-0.4, -0.2) is 32.9 Å². The van der Waals surface area contributed by atoms with Crippen molar-refractivity contribution in [1.29, 1.82) is 0 Å². The van der Waals surface area contributed by atoms with Crippen LogP contribution in [0.4, 0.5) is 0 Å². The molecule has 1 saturated heterocycles. The molecule has 1 amide bonds. The topological polar surface area (TPSA) is 38.1 Å². The first-order valence-corrected chi connectivity index (χ1v) is 8.63. The zero-order chi connectivity index (χ0) is 15.8. The maximum Gasteiger partial charge on any atom is 0.223 e. The smallest absolute Gasteiger partial charge is 0.223 e. The predicted octanol–water partition coefficient (Wildman–Crippen LogP) is 3.48. The van der Waals surface area contributed by atoms with Gasteiger partial charge in [0.05, 0.1) is 11.0 Å². The summed E-state index contributed by atoms with van der Waals surface area (Å²) < 4.78 is 2.22. The van der Waals surface area contributed by atoms with E-state index in [2.05, 4.69) is 22.1 Å². The fourth-order valence-electron chi connectivity index (χ4n) is 4.20. The van der Waals surface area contributed by atoms with E-state index in [9.17, 15) is 4.79 Å². The molecule has 1 aliphatic carbocycles. The zero-order valence-electron chi connectivity index (χ0n) is 13.4. The Kier molecular flexibility index (Phi) is 3.68. The lowest BCUT2D eigenvalue weighted by Crippen LogP contribution is -2.34. The molecular formula is C19H23N3O. The molecule has 2 aliphatic rings. The molecule has 0 radical (unpaired) electrons. The molecule has 1 saturated carbocycles. The molecular weight excluding hydrogens is 286 g/mol. The van der Waals surface area contributed by atoms with Gasteiger partial charge in [0.15, 0.2) is 0 Å². The summed E-state index contributed by atoms with van der Waals surface area (Å²) in [5, 5.41) is 0. The van der Waals surface area contributed by atoms with Crippen LogP contribution < -0.4 is 0 Å². The lowest BCUT2D eigenvalue weighted by atomic mass is 10.1. The Morgan fingerprint density at radius 2 is 2.04 bits per heavy atom. The Morgan fingerprint density at radius 3 is 2.83 bits per heavy atom. The van der Waals surface area contributed by atoms with Crippen molar-refractivity contribution in [2.24, 2.45) is 0 Å². The van der Waals surface area contributed by atoms with Crippen molar-refractivity contribution in [3.05, 3.63) is 42.7 Å². The number of carbonyl (C=O) groups excluding carboxylic acids is 1. The van der Waals surface area contributed by atoms with E-state index in [1.807, 2.05) is 24.3 Å². The third kappa shape index (κ3) is 2.46. The number of carbonyl (C=O) groups is 1. The van der Waals surface area contributed by atoms with Crippen LogP contribution in [0.25, 0.3) is 11.0 Å². The average Bonchev–Trinajstić information content (AvgIpc) is 3.26. The molecule has 23 heavy (non-hydrogen) atoms. The minimum Gasteiger partial charge on any atom is -0.339 e. The summed E-state index contributed by atoms with van der Waals surface area (Å²) in [6, 6.07) is 8.66. The maximum atomic E-state index is 12.5. The second-order valence-corrected chi connectivity index (χ2v) is 6.74. The van der Waals surface area contributed by atoms with Crippen LogP contribution >= 0.6 is 0 Å². The van der Waals surface area contributed by atoms with Gasteiger partial charge < -0.3 is 9.47 Å². The highest BCUT2D eigenvalue weighted by Crippen LogP contribution is 2.34. The lowest BCUT2D eigenvalue weighted by Gasteiger charge is -2.24. The standard InChI is InChI=1S/C19H23N3O/c1-2-11-21-17-10-6-5-9-16(17)20-19(21)14-12-18(23)22(13-14)15-7-3-4-8-15/h2,5-6,9-10,14-15H,1,3-4,7-8,11-13H2. The number of para-hydroxylation sites is 2. The highest BCUT2D eigenvalue weighted by atomic mass is 16.2. The van der Waals surface area contributed by atoms with E-state index in [-0.39, 0.29) is 5.92 Å². The third-order valence-corrected chi connectivity index (χ3v) is 5.28. The summed E-state index contributed by atoms with van der Waals surface area (Å²) in [5.74, 6) is 1.55. The molecule has 1 aromatic heterocycles. The number of hydrogen-bond acceptors (Lipinski definition) is 2. The fourth-order valence-corrected chi connectivity index (χ4v) is 4.20. The van der Waals surface area contributed by atoms with Crippen molar-refractivity contribution in [2.75, 3.05) is 6.54 Å². The van der Waals surface area contributed by atoms with E-state index in [0.717, 1.165) is 29.9 Å². The number of likely N-dealkylation sites (tertiary alicyclic amines) is 1. The fraction of sp³-hybridized carbons (Fsp3) is 0.474. The van der Waals surface area contributed by atoms with Crippen molar-refractivity contribution in [3.8, 4) is 0 Å². The number of benzene rings is 1. The van der Waals surface area contributed by atoms with E-state index in [0.29, 0.717) is 18.4 Å². The lowest BCUT2D eigenvalue weighted by molar-refractivity contribution is -0.129. The van der Waals surface area contributed by atoms with Gasteiger partial charge in [-0.25, -0.2) is 4.98 Å². The van der Waals surface area contributed by atoms with Crippen LogP contribution in [0.5, 0.6) is 0 Å². The van der Waals surface area contributed by atoms with Gasteiger partial charge in [0, 0.05) is 31.5 Å². The highest BCUT2D eigenvalue weighted by molar-refractivity contribution is 5.81. The van der Waals surface area contributed by atoms with E-state index < -0.39 is 0 Å². The molecule has 0 N–H and O–H groups in total. The Bertz CT molecular complexity index is 742. The summed E-state index contributed by atoms with van der Waals surface area (Å²) in [6.07, 6.45) is 7.35. The first-order chi connectivity index (χ1) is 11.3. The number of allylic oxidation sites excluding steroid dienone is 1. The number of hydrogen-bond donors (Lipinski definition) is 0. The maximum absolute atomic E-state index is 12.5. The van der Waals surface area contributed by atoms with Crippen LogP contribution in [0.3, 0.4) is 0 Å². The molecule has 2 fully saturated rings. The Labute approximate surface area is 136 Å². The van der Waals surface area contributed by atoms with Crippen LogP contribution in [0.15, 0.2) is 36.9 Å².